The number of hydrogen-bond acceptors (Lipinski definition) is 5. The average molecular weight is 253 g/mol. The molecule has 0 fully saturated rings. The molecule has 0 atom stereocenters. The maximum atomic E-state index is 12.0. The Morgan fingerprint density at radius 1 is 1.28 bits per heavy atom. The van der Waals surface area contributed by atoms with Gasteiger partial charge in [0.2, 0.25) is 0 Å². The molecule has 0 spiro atoms. The standard InChI is InChI=1S/C13H19NO4/c1-9(2)14(5-6-15)8-13(18)10-3-4-11(16)12(17)7-10/h3-4,7,9,15-17H,5-6,8H2,1-2H3. The zero-order chi connectivity index (χ0) is 13.7. The van der Waals surface area contributed by atoms with Crippen LogP contribution in [0.25, 0.3) is 0 Å². The van der Waals surface area contributed by atoms with Gasteiger partial charge < -0.3 is 15.3 Å². The molecule has 1 aromatic carbocycles. The molecule has 0 saturated heterocycles. The lowest BCUT2D eigenvalue weighted by atomic mass is 10.1. The lowest BCUT2D eigenvalue weighted by molar-refractivity contribution is 0.0881. The fourth-order valence-corrected chi connectivity index (χ4v) is 1.62. The molecule has 0 saturated carbocycles. The first-order chi connectivity index (χ1) is 8.45. The van der Waals surface area contributed by atoms with Gasteiger partial charge in [0.1, 0.15) is 0 Å². The molecule has 0 aliphatic carbocycles. The maximum Gasteiger partial charge on any atom is 0.176 e. The molecule has 0 bridgehead atoms. The zero-order valence-electron chi connectivity index (χ0n) is 10.6. The molecule has 0 aliphatic rings. The van der Waals surface area contributed by atoms with Crippen molar-refractivity contribution in [2.75, 3.05) is 19.7 Å². The minimum Gasteiger partial charge on any atom is -0.504 e. The largest absolute Gasteiger partial charge is 0.504 e. The number of ketones is 1. The average Bonchev–Trinajstić information content (AvgIpc) is 2.31. The van der Waals surface area contributed by atoms with E-state index in [0.29, 0.717) is 12.1 Å². The summed E-state index contributed by atoms with van der Waals surface area (Å²) >= 11 is 0. The normalized spacial score (nSPS) is 11.2. The fourth-order valence-electron chi connectivity index (χ4n) is 1.62. The van der Waals surface area contributed by atoms with Crippen molar-refractivity contribution in [1.82, 2.24) is 4.90 Å². The number of benzene rings is 1. The Hall–Kier alpha value is -1.59. The van der Waals surface area contributed by atoms with E-state index in [1.54, 1.807) is 0 Å². The van der Waals surface area contributed by atoms with Gasteiger partial charge in [-0.15, -0.1) is 0 Å². The van der Waals surface area contributed by atoms with Crippen LogP contribution in [-0.4, -0.2) is 51.7 Å². The van der Waals surface area contributed by atoms with Gasteiger partial charge in [0.05, 0.1) is 13.2 Å². The van der Waals surface area contributed by atoms with Crippen LogP contribution in [0.3, 0.4) is 0 Å². The van der Waals surface area contributed by atoms with E-state index in [2.05, 4.69) is 0 Å². The van der Waals surface area contributed by atoms with Gasteiger partial charge in [-0.2, -0.15) is 0 Å². The molecular formula is C13H19NO4. The van der Waals surface area contributed by atoms with Crippen molar-refractivity contribution in [1.29, 1.82) is 0 Å². The van der Waals surface area contributed by atoms with Crippen LogP contribution in [-0.2, 0) is 0 Å². The molecule has 100 valence electrons. The van der Waals surface area contributed by atoms with Gasteiger partial charge >= 0.3 is 0 Å². The van der Waals surface area contributed by atoms with Crippen molar-refractivity contribution in [3.63, 3.8) is 0 Å². The fraction of sp³-hybridized carbons (Fsp3) is 0.462. The second kappa shape index (κ2) is 6.37. The third kappa shape index (κ3) is 3.72. The number of rotatable bonds is 6. The predicted molar refractivity (Wildman–Crippen MR) is 67.9 cm³/mol. The second-order valence-electron chi connectivity index (χ2n) is 4.41. The van der Waals surface area contributed by atoms with Gasteiger partial charge in [0.15, 0.2) is 17.3 Å². The summed E-state index contributed by atoms with van der Waals surface area (Å²) in [5.74, 6) is -0.714. The third-order valence-corrected chi connectivity index (χ3v) is 2.76. The van der Waals surface area contributed by atoms with Crippen LogP contribution in [0.5, 0.6) is 11.5 Å². The molecule has 0 heterocycles. The highest BCUT2D eigenvalue weighted by Gasteiger charge is 2.15. The smallest absolute Gasteiger partial charge is 0.176 e. The topological polar surface area (TPSA) is 81.0 Å². The number of aliphatic hydroxyl groups is 1. The highest BCUT2D eigenvalue weighted by molar-refractivity contribution is 5.98. The van der Waals surface area contributed by atoms with Crippen LogP contribution in [0.4, 0.5) is 0 Å². The zero-order valence-corrected chi connectivity index (χ0v) is 10.6. The monoisotopic (exact) mass is 253 g/mol. The van der Waals surface area contributed by atoms with Crippen LogP contribution in [0.15, 0.2) is 18.2 Å². The SMILES string of the molecule is CC(C)N(CCO)CC(=O)c1ccc(O)c(O)c1. The Kier molecular flexibility index (Phi) is 5.12. The van der Waals surface area contributed by atoms with Gasteiger partial charge in [-0.25, -0.2) is 0 Å². The Bertz CT molecular complexity index is 417. The summed E-state index contributed by atoms with van der Waals surface area (Å²) in [5, 5.41) is 27.4. The summed E-state index contributed by atoms with van der Waals surface area (Å²) in [6, 6.07) is 4.14. The molecule has 5 heteroatoms. The number of aromatic hydroxyl groups is 2. The molecule has 0 radical (unpaired) electrons. The lowest BCUT2D eigenvalue weighted by Gasteiger charge is -2.24. The molecular weight excluding hydrogens is 234 g/mol. The summed E-state index contributed by atoms with van der Waals surface area (Å²) in [6.45, 7) is 4.47. The van der Waals surface area contributed by atoms with E-state index >= 15 is 0 Å². The Labute approximate surface area is 106 Å². The van der Waals surface area contributed by atoms with Crippen LogP contribution < -0.4 is 0 Å². The van der Waals surface area contributed by atoms with Crippen LogP contribution in [0.1, 0.15) is 24.2 Å². The Balaban J connectivity index is 2.77. The van der Waals surface area contributed by atoms with Gasteiger partial charge in [-0.3, -0.25) is 9.69 Å². The van der Waals surface area contributed by atoms with E-state index in [9.17, 15) is 15.0 Å². The number of phenols is 2. The number of Topliss-reactive ketones (excluding diaryl/α,β-unsaturated/α-hetero) is 1. The first-order valence-electron chi connectivity index (χ1n) is 5.85. The molecule has 0 unspecified atom stereocenters. The first-order valence-corrected chi connectivity index (χ1v) is 5.85. The first kappa shape index (κ1) is 14.5. The molecule has 18 heavy (non-hydrogen) atoms. The Morgan fingerprint density at radius 2 is 1.94 bits per heavy atom. The van der Waals surface area contributed by atoms with E-state index < -0.39 is 0 Å². The van der Waals surface area contributed by atoms with E-state index in [-0.39, 0.29) is 36.5 Å². The van der Waals surface area contributed by atoms with Crippen molar-refractivity contribution < 1.29 is 20.1 Å². The van der Waals surface area contributed by atoms with Gasteiger partial charge in [0, 0.05) is 18.2 Å². The summed E-state index contributed by atoms with van der Waals surface area (Å²) in [7, 11) is 0. The maximum absolute atomic E-state index is 12.0. The van der Waals surface area contributed by atoms with Crippen molar-refractivity contribution in [2.24, 2.45) is 0 Å². The molecule has 3 N–H and O–H groups in total. The van der Waals surface area contributed by atoms with Crippen LogP contribution >= 0.6 is 0 Å². The van der Waals surface area contributed by atoms with E-state index in [1.807, 2.05) is 18.7 Å². The lowest BCUT2D eigenvalue weighted by Crippen LogP contribution is -2.37. The quantitative estimate of drug-likeness (QED) is 0.520. The van der Waals surface area contributed by atoms with E-state index in [4.69, 9.17) is 5.11 Å². The van der Waals surface area contributed by atoms with Crippen LogP contribution in [0, 0.1) is 0 Å². The Morgan fingerprint density at radius 3 is 2.44 bits per heavy atom. The number of carbonyl (C=O) groups is 1. The van der Waals surface area contributed by atoms with Gasteiger partial charge in [-0.05, 0) is 32.0 Å². The van der Waals surface area contributed by atoms with Crippen molar-refractivity contribution in [3.8, 4) is 11.5 Å². The van der Waals surface area contributed by atoms with E-state index in [1.165, 1.54) is 18.2 Å². The summed E-state index contributed by atoms with van der Waals surface area (Å²) in [5.41, 5.74) is 0.342. The number of nitrogens with zero attached hydrogens (tertiary/aromatic N) is 1. The molecule has 0 amide bonds. The third-order valence-electron chi connectivity index (χ3n) is 2.76. The summed E-state index contributed by atoms with van der Waals surface area (Å²) in [6.07, 6.45) is 0. The van der Waals surface area contributed by atoms with Gasteiger partial charge in [0.25, 0.3) is 0 Å². The minimum atomic E-state index is -0.306. The molecule has 1 aromatic rings. The van der Waals surface area contributed by atoms with Crippen LogP contribution in [0.2, 0.25) is 0 Å². The van der Waals surface area contributed by atoms with Crippen molar-refractivity contribution in [2.45, 2.75) is 19.9 Å². The number of hydrogen-bond donors (Lipinski definition) is 3. The number of carbonyl (C=O) groups excluding carboxylic acids is 1. The van der Waals surface area contributed by atoms with Gasteiger partial charge in [-0.1, -0.05) is 0 Å². The minimum absolute atomic E-state index is 0.00765. The number of phenolic OH excluding ortho intramolecular Hbond substituents is 2. The van der Waals surface area contributed by atoms with Crippen molar-refractivity contribution >= 4 is 5.78 Å². The molecule has 5 nitrogen and oxygen atoms in total. The molecule has 0 aliphatic heterocycles. The second-order valence-corrected chi connectivity index (χ2v) is 4.41. The summed E-state index contributed by atoms with van der Waals surface area (Å²) in [4.78, 5) is 13.8. The molecule has 0 aromatic heterocycles. The van der Waals surface area contributed by atoms with E-state index in [0.717, 1.165) is 0 Å². The highest BCUT2D eigenvalue weighted by Crippen LogP contribution is 2.25. The predicted octanol–water partition coefficient (Wildman–Crippen LogP) is 0.983. The molecule has 1 rings (SSSR count). The highest BCUT2D eigenvalue weighted by atomic mass is 16.3. The van der Waals surface area contributed by atoms with Crippen molar-refractivity contribution in [3.05, 3.63) is 23.8 Å². The summed E-state index contributed by atoms with van der Waals surface area (Å²) < 4.78 is 0. The number of aliphatic hydroxyl groups excluding tert-OH is 1.